The van der Waals surface area contributed by atoms with Crippen molar-refractivity contribution in [2.75, 3.05) is 25.1 Å². The number of rotatable bonds is 6. The molecule has 0 saturated heterocycles. The van der Waals surface area contributed by atoms with Crippen LogP contribution in [0, 0.1) is 0 Å². The molecule has 3 heteroatoms. The molecule has 0 unspecified atom stereocenters. The van der Waals surface area contributed by atoms with Crippen molar-refractivity contribution in [1.29, 1.82) is 0 Å². The van der Waals surface area contributed by atoms with E-state index in [0.717, 1.165) is 31.7 Å². The van der Waals surface area contributed by atoms with Gasteiger partial charge in [-0.05, 0) is 12.8 Å². The quantitative estimate of drug-likeness (QED) is 0.637. The van der Waals surface area contributed by atoms with Crippen molar-refractivity contribution in [3.05, 3.63) is 0 Å². The van der Waals surface area contributed by atoms with Gasteiger partial charge in [0.25, 0.3) is 0 Å². The molecule has 0 aromatic carbocycles. The van der Waals surface area contributed by atoms with Gasteiger partial charge in [-0.15, -0.1) is 0 Å². The summed E-state index contributed by atoms with van der Waals surface area (Å²) in [7, 11) is -1.98. The van der Waals surface area contributed by atoms with Gasteiger partial charge < -0.3 is 0 Å². The van der Waals surface area contributed by atoms with Gasteiger partial charge in [-0.3, -0.25) is 4.21 Å². The van der Waals surface area contributed by atoms with E-state index in [1.165, 1.54) is 0 Å². The first-order valence-corrected chi connectivity index (χ1v) is 7.19. The van der Waals surface area contributed by atoms with Crippen LogP contribution in [-0.2, 0) is 10.1 Å². The van der Waals surface area contributed by atoms with Gasteiger partial charge in [0.15, 0.2) is 0 Å². The highest BCUT2D eigenvalue weighted by Gasteiger charge is 2.14. The Morgan fingerprint density at radius 1 is 1.08 bits per heavy atom. The van der Waals surface area contributed by atoms with Crippen LogP contribution in [0.1, 0.15) is 33.6 Å². The molecule has 0 rings (SSSR count). The highest BCUT2D eigenvalue weighted by Crippen LogP contribution is 2.09. The molecule has 0 aromatic heterocycles. The Balaban J connectivity index is 4.17. The van der Waals surface area contributed by atoms with E-state index in [4.69, 9.17) is 0 Å². The molecule has 0 aliphatic carbocycles. The van der Waals surface area contributed by atoms with Crippen LogP contribution in [0.25, 0.3) is 0 Å². The fourth-order valence-electron chi connectivity index (χ4n) is 1.25. The van der Waals surface area contributed by atoms with E-state index < -0.39 is 10.1 Å². The first-order chi connectivity index (χ1) is 5.58. The van der Waals surface area contributed by atoms with Crippen molar-refractivity contribution in [3.63, 3.8) is 0 Å². The minimum Gasteiger partial charge on any atom is -0.271 e. The zero-order chi connectivity index (χ0) is 9.61. The molecule has 0 bridgehead atoms. The topological polar surface area (TPSA) is 20.3 Å². The minimum atomic E-state index is -1.98. The predicted molar refractivity (Wildman–Crippen MR) is 58.2 cm³/mol. The summed E-state index contributed by atoms with van der Waals surface area (Å²) in [6.45, 7) is 8.25. The molecule has 0 N–H and O–H groups in total. The van der Waals surface area contributed by atoms with Crippen LogP contribution in [0.15, 0.2) is 0 Å². The monoisotopic (exact) mass is 193 g/mol. The third-order valence-electron chi connectivity index (χ3n) is 2.15. The van der Waals surface area contributed by atoms with Crippen molar-refractivity contribution in [2.45, 2.75) is 33.6 Å². The molecular weight excluding hydrogens is 170 g/mol. The van der Waals surface area contributed by atoms with Gasteiger partial charge in [-0.25, -0.2) is 4.31 Å². The van der Waals surface area contributed by atoms with Crippen molar-refractivity contribution in [3.8, 4) is 0 Å². The summed E-state index contributed by atoms with van der Waals surface area (Å²) >= 11 is 0. The summed E-state index contributed by atoms with van der Waals surface area (Å²) in [5, 5.41) is 0. The van der Waals surface area contributed by atoms with Gasteiger partial charge in [0.1, 0.15) is 0 Å². The molecule has 0 amide bonds. The molecule has 0 spiro atoms. The van der Waals surface area contributed by atoms with Gasteiger partial charge in [-0.1, -0.05) is 30.9 Å². The highest BCUT2D eigenvalue weighted by molar-refractivity contribution is 8.00. The molecular formula is C9H23NOS. The third-order valence-corrected chi connectivity index (χ3v) is 4.92. The third kappa shape index (κ3) is 3.68. The summed E-state index contributed by atoms with van der Waals surface area (Å²) in [5.74, 6) is 0.799. The van der Waals surface area contributed by atoms with Gasteiger partial charge in [0.05, 0.1) is 0 Å². The summed E-state index contributed by atoms with van der Waals surface area (Å²) < 4.78 is 14.1. The van der Waals surface area contributed by atoms with E-state index in [1.807, 2.05) is 13.2 Å². The first-order valence-electron chi connectivity index (χ1n) is 4.90. The Morgan fingerprint density at radius 3 is 1.75 bits per heavy atom. The van der Waals surface area contributed by atoms with Crippen LogP contribution in [0.3, 0.4) is 0 Å². The van der Waals surface area contributed by atoms with E-state index >= 15 is 0 Å². The molecule has 0 aromatic rings. The van der Waals surface area contributed by atoms with Crippen LogP contribution >= 0.6 is 0 Å². The molecule has 0 aliphatic rings. The maximum Gasteiger partial charge on any atom is 0.00988 e. The molecule has 0 aliphatic heterocycles. The average molecular weight is 193 g/mol. The van der Waals surface area contributed by atoms with Gasteiger partial charge in [-0.2, -0.15) is 0 Å². The summed E-state index contributed by atoms with van der Waals surface area (Å²) in [6.07, 6.45) is 4.09. The Bertz CT molecular complexity index is 153. The SMILES string of the molecule is CCCN(CCC)[SH](C)(=O)CC. The second-order valence-electron chi connectivity index (χ2n) is 3.32. The molecule has 2 nitrogen and oxygen atoms in total. The van der Waals surface area contributed by atoms with Gasteiger partial charge in [0.2, 0.25) is 0 Å². The number of nitrogens with zero attached hydrogens (tertiary/aromatic N) is 1. The van der Waals surface area contributed by atoms with Gasteiger partial charge >= 0.3 is 0 Å². The maximum atomic E-state index is 12.0. The van der Waals surface area contributed by atoms with Crippen molar-refractivity contribution in [2.24, 2.45) is 0 Å². The van der Waals surface area contributed by atoms with Crippen LogP contribution in [0.5, 0.6) is 0 Å². The van der Waals surface area contributed by atoms with Crippen molar-refractivity contribution in [1.82, 2.24) is 4.31 Å². The second-order valence-corrected chi connectivity index (χ2v) is 6.62. The lowest BCUT2D eigenvalue weighted by Gasteiger charge is -2.32. The molecule has 0 atom stereocenters. The van der Waals surface area contributed by atoms with E-state index in [1.54, 1.807) is 0 Å². The van der Waals surface area contributed by atoms with E-state index in [9.17, 15) is 4.21 Å². The molecule has 0 saturated carbocycles. The van der Waals surface area contributed by atoms with E-state index in [2.05, 4.69) is 18.2 Å². The number of thiol groups is 1. The molecule has 12 heavy (non-hydrogen) atoms. The molecule has 0 heterocycles. The van der Waals surface area contributed by atoms with E-state index in [-0.39, 0.29) is 0 Å². The number of hydrogen-bond acceptors (Lipinski definition) is 1. The fraction of sp³-hybridized carbons (Fsp3) is 1.00. The predicted octanol–water partition coefficient (Wildman–Crippen LogP) is 1.69. The van der Waals surface area contributed by atoms with Crippen LogP contribution in [-0.4, -0.2) is 33.6 Å². The maximum absolute atomic E-state index is 12.0. The normalized spacial score (nSPS) is 13.8. The standard InChI is InChI=1S/C9H23NOS/c1-5-8-10(9-6-2)12(4,11)7-3/h12H,5-9H2,1-4H3. The summed E-state index contributed by atoms with van der Waals surface area (Å²) in [5.41, 5.74) is 0. The zero-order valence-electron chi connectivity index (χ0n) is 8.84. The Kier molecular flexibility index (Phi) is 5.76. The average Bonchev–Trinajstić information content (AvgIpc) is 2.04. The summed E-state index contributed by atoms with van der Waals surface area (Å²) in [4.78, 5) is 0. The zero-order valence-corrected chi connectivity index (χ0v) is 9.73. The van der Waals surface area contributed by atoms with Crippen molar-refractivity contribution < 1.29 is 4.21 Å². The fourth-order valence-corrected chi connectivity index (χ4v) is 2.90. The smallest absolute Gasteiger partial charge is 0.00988 e. The van der Waals surface area contributed by atoms with E-state index in [0.29, 0.717) is 0 Å². The highest BCUT2D eigenvalue weighted by atomic mass is 32.3. The Hall–Kier alpha value is 0.110. The first kappa shape index (κ1) is 12.1. The molecule has 0 radical (unpaired) electrons. The lowest BCUT2D eigenvalue weighted by Crippen LogP contribution is -2.38. The van der Waals surface area contributed by atoms with Crippen LogP contribution < -0.4 is 0 Å². The summed E-state index contributed by atoms with van der Waals surface area (Å²) in [6, 6.07) is 0. The van der Waals surface area contributed by atoms with Crippen LogP contribution in [0.4, 0.5) is 0 Å². The minimum absolute atomic E-state index is 0.799. The van der Waals surface area contributed by atoms with Crippen molar-refractivity contribution >= 4 is 10.1 Å². The number of hydrogen-bond donors (Lipinski definition) is 1. The van der Waals surface area contributed by atoms with Gasteiger partial charge in [0, 0.05) is 25.1 Å². The largest absolute Gasteiger partial charge is 0.271 e. The lowest BCUT2D eigenvalue weighted by molar-refractivity contribution is 0.434. The molecule has 76 valence electrons. The lowest BCUT2D eigenvalue weighted by atomic mass is 10.4. The van der Waals surface area contributed by atoms with Crippen LogP contribution in [0.2, 0.25) is 0 Å². The Labute approximate surface area is 77.9 Å². The second kappa shape index (κ2) is 5.70. The Morgan fingerprint density at radius 2 is 1.50 bits per heavy atom. The molecule has 0 fully saturated rings.